The van der Waals surface area contributed by atoms with Crippen LogP contribution in [0.5, 0.6) is 0 Å². The van der Waals surface area contributed by atoms with E-state index in [2.05, 4.69) is 74.3 Å². The van der Waals surface area contributed by atoms with Crippen molar-refractivity contribution < 1.29 is 0 Å². The van der Waals surface area contributed by atoms with Gasteiger partial charge in [-0.25, -0.2) is 4.98 Å². The van der Waals surface area contributed by atoms with Gasteiger partial charge in [-0.3, -0.25) is 9.89 Å². The average Bonchev–Trinajstić information content (AvgIpc) is 3.49. The lowest BCUT2D eigenvalue weighted by Gasteiger charge is -2.39. The number of thiophene rings is 1. The number of imidazole rings is 1. The highest BCUT2D eigenvalue weighted by Gasteiger charge is 2.31. The van der Waals surface area contributed by atoms with Gasteiger partial charge in [0.15, 0.2) is 5.96 Å². The quantitative estimate of drug-likeness (QED) is 0.273. The van der Waals surface area contributed by atoms with Crippen molar-refractivity contribution in [2.75, 3.05) is 27.2 Å². The average molecular weight is 551 g/mol. The van der Waals surface area contributed by atoms with Crippen molar-refractivity contribution in [1.29, 1.82) is 0 Å². The number of likely N-dealkylation sites (tertiary alicyclic amines) is 1. The van der Waals surface area contributed by atoms with Gasteiger partial charge in [0.25, 0.3) is 0 Å². The van der Waals surface area contributed by atoms with Crippen LogP contribution in [0.15, 0.2) is 65.5 Å². The van der Waals surface area contributed by atoms with Crippen LogP contribution in [0, 0.1) is 5.92 Å². The Labute approximate surface area is 205 Å². The van der Waals surface area contributed by atoms with E-state index in [-0.39, 0.29) is 24.0 Å². The van der Waals surface area contributed by atoms with Crippen molar-refractivity contribution in [3.63, 3.8) is 0 Å². The lowest BCUT2D eigenvalue weighted by molar-refractivity contribution is 0.125. The first-order valence-electron chi connectivity index (χ1n) is 10.5. The number of halogens is 1. The van der Waals surface area contributed by atoms with Gasteiger partial charge in [-0.15, -0.1) is 35.3 Å². The fourth-order valence-electron chi connectivity index (χ4n) is 4.32. The van der Waals surface area contributed by atoms with Crippen LogP contribution in [0.2, 0.25) is 0 Å². The van der Waals surface area contributed by atoms with E-state index in [1.807, 2.05) is 35.5 Å². The highest BCUT2D eigenvalue weighted by atomic mass is 127. The summed E-state index contributed by atoms with van der Waals surface area (Å²) in [5, 5.41) is 9.24. The minimum atomic E-state index is 0. The monoisotopic (exact) mass is 550 g/mol. The molecule has 0 saturated carbocycles. The van der Waals surface area contributed by atoms with E-state index in [9.17, 15) is 0 Å². The number of aromatic nitrogens is 2. The molecule has 0 aliphatic carbocycles. The molecule has 1 fully saturated rings. The standard InChI is InChI=1S/C23H30N6S.HI/c1-24-23(26-15-18-7-3-4-9-20(18)29-13-11-25-17-29)27-16-19-8-5-12-28(2)22(19)21-10-6-14-30-21;/h3-4,6-7,9-11,13-14,17,19,22H,5,8,12,15-16H2,1-2H3,(H2,24,26,27);1H. The van der Waals surface area contributed by atoms with E-state index >= 15 is 0 Å². The van der Waals surface area contributed by atoms with E-state index in [1.54, 1.807) is 6.20 Å². The van der Waals surface area contributed by atoms with E-state index in [0.29, 0.717) is 18.5 Å². The maximum atomic E-state index is 4.45. The maximum absolute atomic E-state index is 4.45. The number of benzene rings is 1. The van der Waals surface area contributed by atoms with Crippen molar-refractivity contribution in [2.45, 2.75) is 25.4 Å². The third-order valence-electron chi connectivity index (χ3n) is 5.82. The molecule has 1 aromatic carbocycles. The summed E-state index contributed by atoms with van der Waals surface area (Å²) in [6, 6.07) is 13.3. The van der Waals surface area contributed by atoms with Gasteiger partial charge in [-0.2, -0.15) is 0 Å². The number of piperidine rings is 1. The molecule has 1 aliphatic rings. The molecule has 3 aromatic rings. The van der Waals surface area contributed by atoms with Gasteiger partial charge in [-0.05, 0) is 55.4 Å². The van der Waals surface area contributed by atoms with Crippen molar-refractivity contribution in [1.82, 2.24) is 25.1 Å². The Morgan fingerprint density at radius 1 is 1.23 bits per heavy atom. The molecule has 1 saturated heterocycles. The Hall–Kier alpha value is -1.91. The Bertz CT molecular complexity index is 941. The highest BCUT2D eigenvalue weighted by Crippen LogP contribution is 2.36. The van der Waals surface area contributed by atoms with E-state index in [4.69, 9.17) is 0 Å². The van der Waals surface area contributed by atoms with Crippen LogP contribution in [0.4, 0.5) is 0 Å². The zero-order chi connectivity index (χ0) is 20.8. The van der Waals surface area contributed by atoms with Crippen LogP contribution < -0.4 is 10.6 Å². The smallest absolute Gasteiger partial charge is 0.191 e. The fraction of sp³-hybridized carbons (Fsp3) is 0.391. The Morgan fingerprint density at radius 3 is 2.84 bits per heavy atom. The molecule has 6 nitrogen and oxygen atoms in total. The Morgan fingerprint density at radius 2 is 2.10 bits per heavy atom. The van der Waals surface area contributed by atoms with Gasteiger partial charge in [0.05, 0.1) is 12.0 Å². The van der Waals surface area contributed by atoms with Crippen molar-refractivity contribution in [2.24, 2.45) is 10.9 Å². The number of hydrogen-bond donors (Lipinski definition) is 2. The lowest BCUT2D eigenvalue weighted by atomic mass is 9.88. The lowest BCUT2D eigenvalue weighted by Crippen LogP contribution is -2.44. The SMILES string of the molecule is CN=C(NCc1ccccc1-n1ccnc1)NCC1CCCN(C)C1c1cccs1.I. The van der Waals surface area contributed by atoms with E-state index in [1.165, 1.54) is 23.3 Å². The summed E-state index contributed by atoms with van der Waals surface area (Å²) in [7, 11) is 4.08. The molecule has 0 spiro atoms. The summed E-state index contributed by atoms with van der Waals surface area (Å²) in [6.07, 6.45) is 8.08. The number of rotatable bonds is 6. The van der Waals surface area contributed by atoms with Crippen molar-refractivity contribution in [3.8, 4) is 5.69 Å². The maximum Gasteiger partial charge on any atom is 0.191 e. The molecule has 0 radical (unpaired) electrons. The Kier molecular flexibility index (Phi) is 8.91. The summed E-state index contributed by atoms with van der Waals surface area (Å²) in [4.78, 5) is 12.6. The predicted molar refractivity (Wildman–Crippen MR) is 140 cm³/mol. The van der Waals surface area contributed by atoms with E-state index < -0.39 is 0 Å². The molecule has 31 heavy (non-hydrogen) atoms. The first kappa shape index (κ1) is 23.7. The van der Waals surface area contributed by atoms with Crippen LogP contribution >= 0.6 is 35.3 Å². The summed E-state index contributed by atoms with van der Waals surface area (Å²) in [5.74, 6) is 1.41. The molecular weight excluding hydrogens is 519 g/mol. The number of guanidine groups is 1. The molecular formula is C23H31IN6S. The molecule has 166 valence electrons. The van der Waals surface area contributed by atoms with Gasteiger partial charge in [0.1, 0.15) is 0 Å². The number of nitrogens with one attached hydrogen (secondary N) is 2. The van der Waals surface area contributed by atoms with Crippen LogP contribution in [-0.4, -0.2) is 47.6 Å². The minimum Gasteiger partial charge on any atom is -0.356 e. The number of para-hydroxylation sites is 1. The second-order valence-electron chi connectivity index (χ2n) is 7.75. The topological polar surface area (TPSA) is 57.5 Å². The molecule has 8 heteroatoms. The first-order valence-corrected chi connectivity index (χ1v) is 11.4. The summed E-state index contributed by atoms with van der Waals surface area (Å²) < 4.78 is 2.04. The number of hydrogen-bond acceptors (Lipinski definition) is 4. The summed E-state index contributed by atoms with van der Waals surface area (Å²) in [6.45, 7) is 2.78. The van der Waals surface area contributed by atoms with Gasteiger partial charge in [-0.1, -0.05) is 24.3 Å². The van der Waals surface area contributed by atoms with Gasteiger partial charge in [0.2, 0.25) is 0 Å². The van der Waals surface area contributed by atoms with Crippen LogP contribution in [0.25, 0.3) is 5.69 Å². The Balaban J connectivity index is 0.00000272. The van der Waals surface area contributed by atoms with Crippen molar-refractivity contribution in [3.05, 3.63) is 70.9 Å². The minimum absolute atomic E-state index is 0. The van der Waals surface area contributed by atoms with E-state index in [0.717, 1.165) is 24.7 Å². The van der Waals surface area contributed by atoms with Crippen molar-refractivity contribution >= 4 is 41.3 Å². The van der Waals surface area contributed by atoms with Crippen LogP contribution in [0.1, 0.15) is 29.3 Å². The first-order chi connectivity index (χ1) is 14.8. The molecule has 0 bridgehead atoms. The third kappa shape index (κ3) is 5.87. The van der Waals surface area contributed by atoms with Gasteiger partial charge >= 0.3 is 0 Å². The second kappa shape index (κ2) is 11.6. The molecule has 2 aromatic heterocycles. The normalized spacial score (nSPS) is 19.6. The zero-order valence-corrected chi connectivity index (χ0v) is 21.2. The van der Waals surface area contributed by atoms with Gasteiger partial charge < -0.3 is 15.2 Å². The van der Waals surface area contributed by atoms with Crippen LogP contribution in [-0.2, 0) is 6.54 Å². The molecule has 0 amide bonds. The molecule has 2 atom stereocenters. The highest BCUT2D eigenvalue weighted by molar-refractivity contribution is 14.0. The number of aliphatic imine (C=N–C) groups is 1. The van der Waals surface area contributed by atoms with Gasteiger partial charge in [0, 0.05) is 43.4 Å². The third-order valence-corrected chi connectivity index (χ3v) is 6.76. The number of nitrogens with zero attached hydrogens (tertiary/aromatic N) is 4. The molecule has 1 aliphatic heterocycles. The molecule has 2 unspecified atom stereocenters. The zero-order valence-electron chi connectivity index (χ0n) is 18.1. The second-order valence-corrected chi connectivity index (χ2v) is 8.73. The largest absolute Gasteiger partial charge is 0.356 e. The summed E-state index contributed by atoms with van der Waals surface area (Å²) in [5.41, 5.74) is 2.33. The summed E-state index contributed by atoms with van der Waals surface area (Å²) >= 11 is 1.86. The molecule has 4 rings (SSSR count). The van der Waals surface area contributed by atoms with Crippen LogP contribution in [0.3, 0.4) is 0 Å². The fourth-order valence-corrected chi connectivity index (χ4v) is 5.31. The molecule has 2 N–H and O–H groups in total. The molecule has 3 heterocycles. The predicted octanol–water partition coefficient (Wildman–Crippen LogP) is 4.30.